The molecule has 140 valence electrons. The molecule has 2 aromatic rings. The van der Waals surface area contributed by atoms with E-state index in [9.17, 15) is 8.42 Å². The van der Waals surface area contributed by atoms with E-state index in [1.165, 1.54) is 12.1 Å². The molecular formula is C18H21Cl2N3O2S. The largest absolute Gasteiger partial charge is 0.381 e. The van der Waals surface area contributed by atoms with Gasteiger partial charge in [0, 0.05) is 17.8 Å². The first-order valence-corrected chi connectivity index (χ1v) is 10.5. The Morgan fingerprint density at radius 2 is 1.77 bits per heavy atom. The number of hydrogen-bond donors (Lipinski definition) is 1. The van der Waals surface area contributed by atoms with Crippen LogP contribution in [0, 0.1) is 0 Å². The summed E-state index contributed by atoms with van der Waals surface area (Å²) < 4.78 is 26.1. The molecule has 26 heavy (non-hydrogen) atoms. The summed E-state index contributed by atoms with van der Waals surface area (Å²) in [6.07, 6.45) is 2.01. The molecule has 1 saturated heterocycles. The topological polar surface area (TPSA) is 52.6 Å². The minimum Gasteiger partial charge on any atom is -0.381 e. The summed E-state index contributed by atoms with van der Waals surface area (Å²) in [5.41, 5.74) is 1.03. The number of benzene rings is 2. The minimum atomic E-state index is -3.84. The highest BCUT2D eigenvalue weighted by molar-refractivity contribution is 7.94. The van der Waals surface area contributed by atoms with Crippen molar-refractivity contribution in [2.75, 3.05) is 29.3 Å². The first-order valence-electron chi connectivity index (χ1n) is 8.39. The molecule has 3 rings (SSSR count). The summed E-state index contributed by atoms with van der Waals surface area (Å²) in [6, 6.07) is 13.3. The van der Waals surface area contributed by atoms with Crippen LogP contribution in [0.25, 0.3) is 0 Å². The first kappa shape index (κ1) is 19.3. The molecule has 0 amide bonds. The van der Waals surface area contributed by atoms with Crippen molar-refractivity contribution in [3.8, 4) is 0 Å². The second-order valence-electron chi connectivity index (χ2n) is 6.42. The van der Waals surface area contributed by atoms with Crippen LogP contribution in [0.1, 0.15) is 12.8 Å². The fourth-order valence-corrected chi connectivity index (χ4v) is 4.52. The predicted octanol–water partition coefficient (Wildman–Crippen LogP) is 4.20. The average molecular weight is 414 g/mol. The van der Waals surface area contributed by atoms with Crippen molar-refractivity contribution in [2.24, 2.45) is 0 Å². The normalized spacial score (nSPS) is 16.4. The molecule has 0 saturated carbocycles. The molecule has 1 heterocycles. The third-order valence-corrected chi connectivity index (χ3v) is 7.05. The lowest BCUT2D eigenvalue weighted by Gasteiger charge is -2.30. The maximum atomic E-state index is 12.7. The van der Waals surface area contributed by atoms with Crippen LogP contribution in [0.3, 0.4) is 0 Å². The molecule has 5 nitrogen and oxygen atoms in total. The van der Waals surface area contributed by atoms with Gasteiger partial charge in [0.05, 0.1) is 21.3 Å². The predicted molar refractivity (Wildman–Crippen MR) is 108 cm³/mol. The minimum absolute atomic E-state index is 0.134. The highest BCUT2D eigenvalue weighted by Gasteiger charge is 2.24. The maximum Gasteiger partial charge on any atom is 0.278 e. The van der Waals surface area contributed by atoms with Gasteiger partial charge >= 0.3 is 0 Å². The van der Waals surface area contributed by atoms with Crippen LogP contribution in [0.5, 0.6) is 0 Å². The number of rotatable bonds is 5. The van der Waals surface area contributed by atoms with Crippen LogP contribution in [0.2, 0.25) is 5.02 Å². The molecule has 0 unspecified atom stereocenters. The zero-order valence-corrected chi connectivity index (χ0v) is 16.7. The molecule has 0 spiro atoms. The summed E-state index contributed by atoms with van der Waals surface area (Å²) in [4.78, 5) is 2.41. The van der Waals surface area contributed by atoms with Crippen LogP contribution < -0.4 is 9.14 Å². The van der Waals surface area contributed by atoms with Gasteiger partial charge in [0.2, 0.25) is 0 Å². The Balaban J connectivity index is 1.82. The van der Waals surface area contributed by atoms with Gasteiger partial charge in [-0.3, -0.25) is 0 Å². The van der Waals surface area contributed by atoms with E-state index in [1.54, 1.807) is 36.4 Å². The molecular weight excluding hydrogens is 393 g/mol. The number of nitrogens with one attached hydrogen (secondary N) is 1. The summed E-state index contributed by atoms with van der Waals surface area (Å²) in [7, 11) is -1.74. The van der Waals surface area contributed by atoms with E-state index in [2.05, 4.69) is 17.3 Å². The smallest absolute Gasteiger partial charge is 0.278 e. The zero-order valence-electron chi connectivity index (χ0n) is 14.4. The van der Waals surface area contributed by atoms with E-state index in [0.717, 1.165) is 29.8 Å². The van der Waals surface area contributed by atoms with Gasteiger partial charge in [-0.15, -0.1) is 0 Å². The number of piperidine rings is 1. The molecule has 1 aliphatic rings. The highest BCUT2D eigenvalue weighted by Crippen LogP contribution is 2.33. The lowest BCUT2D eigenvalue weighted by Crippen LogP contribution is -2.36. The Morgan fingerprint density at radius 3 is 2.42 bits per heavy atom. The second kappa shape index (κ2) is 8.05. The van der Waals surface area contributed by atoms with Crippen molar-refractivity contribution < 1.29 is 8.42 Å². The SMILES string of the molecule is CN1CCC(Nc2cc(N(Cl)S(=O)(=O)c3ccccc3)ccc2Cl)CC1. The van der Waals surface area contributed by atoms with Crippen molar-refractivity contribution in [1.29, 1.82) is 0 Å². The number of sulfonamides is 1. The van der Waals surface area contributed by atoms with Crippen LogP contribution in [-0.4, -0.2) is 39.5 Å². The van der Waals surface area contributed by atoms with E-state index < -0.39 is 10.0 Å². The molecule has 0 bridgehead atoms. The quantitative estimate of drug-likeness (QED) is 0.746. The van der Waals surface area contributed by atoms with Gasteiger partial charge in [0.1, 0.15) is 0 Å². The fourth-order valence-electron chi connectivity index (χ4n) is 2.93. The Kier molecular flexibility index (Phi) is 5.97. The van der Waals surface area contributed by atoms with E-state index in [-0.39, 0.29) is 4.90 Å². The number of likely N-dealkylation sites (tertiary alicyclic amines) is 1. The summed E-state index contributed by atoms with van der Waals surface area (Å²) in [6.45, 7) is 2.03. The van der Waals surface area contributed by atoms with Gasteiger partial charge in [0.25, 0.3) is 10.0 Å². The summed E-state index contributed by atoms with van der Waals surface area (Å²) in [5, 5.41) is 3.95. The number of halogens is 2. The van der Waals surface area contributed by atoms with Gasteiger partial charge < -0.3 is 10.2 Å². The summed E-state index contributed by atoms with van der Waals surface area (Å²) in [5.74, 6) is 0. The number of hydrogen-bond acceptors (Lipinski definition) is 4. The molecule has 0 radical (unpaired) electrons. The Bertz CT molecular complexity index is 854. The monoisotopic (exact) mass is 413 g/mol. The molecule has 0 aromatic heterocycles. The second-order valence-corrected chi connectivity index (χ2v) is 9.15. The van der Waals surface area contributed by atoms with Crippen molar-refractivity contribution in [2.45, 2.75) is 23.8 Å². The van der Waals surface area contributed by atoms with Crippen LogP contribution in [0.15, 0.2) is 53.4 Å². The van der Waals surface area contributed by atoms with E-state index in [0.29, 0.717) is 22.4 Å². The number of nitrogens with zero attached hydrogens (tertiary/aromatic N) is 2. The van der Waals surface area contributed by atoms with Crippen molar-refractivity contribution >= 4 is 44.8 Å². The molecule has 1 N–H and O–H groups in total. The van der Waals surface area contributed by atoms with Crippen molar-refractivity contribution in [3.63, 3.8) is 0 Å². The van der Waals surface area contributed by atoms with Gasteiger partial charge in [-0.05, 0) is 63.3 Å². The van der Waals surface area contributed by atoms with E-state index in [4.69, 9.17) is 23.4 Å². The molecule has 0 aliphatic carbocycles. The standard InChI is InChI=1S/C18H21Cl2N3O2S/c1-22-11-9-14(10-12-22)21-18-13-15(7-8-17(18)19)23(20)26(24,25)16-5-3-2-4-6-16/h2-8,13-14,21H,9-12H2,1H3. The average Bonchev–Trinajstić information content (AvgIpc) is 2.65. The third kappa shape index (κ3) is 4.26. The van der Waals surface area contributed by atoms with E-state index in [1.807, 2.05) is 0 Å². The molecule has 1 fully saturated rings. The third-order valence-electron chi connectivity index (χ3n) is 4.48. The van der Waals surface area contributed by atoms with Gasteiger partial charge in [-0.1, -0.05) is 29.8 Å². The van der Waals surface area contributed by atoms with Crippen LogP contribution in [-0.2, 0) is 10.0 Å². The lowest BCUT2D eigenvalue weighted by molar-refractivity contribution is 0.264. The lowest BCUT2D eigenvalue weighted by atomic mass is 10.1. The van der Waals surface area contributed by atoms with Gasteiger partial charge in [-0.25, -0.2) is 0 Å². The Labute approximate surface area is 164 Å². The molecule has 2 aromatic carbocycles. The van der Waals surface area contributed by atoms with Crippen LogP contribution in [0.4, 0.5) is 11.4 Å². The number of anilines is 2. The molecule has 8 heteroatoms. The molecule has 0 atom stereocenters. The Hall–Kier alpha value is -1.47. The maximum absolute atomic E-state index is 12.7. The van der Waals surface area contributed by atoms with Crippen molar-refractivity contribution in [3.05, 3.63) is 53.6 Å². The zero-order chi connectivity index (χ0) is 18.7. The van der Waals surface area contributed by atoms with Crippen LogP contribution >= 0.6 is 23.4 Å². The van der Waals surface area contributed by atoms with E-state index >= 15 is 0 Å². The fraction of sp³-hybridized carbons (Fsp3) is 0.333. The highest BCUT2D eigenvalue weighted by atomic mass is 35.5. The van der Waals surface area contributed by atoms with Gasteiger partial charge in [0.15, 0.2) is 0 Å². The molecule has 1 aliphatic heterocycles. The summed E-state index contributed by atoms with van der Waals surface area (Å²) >= 11 is 12.5. The van der Waals surface area contributed by atoms with Crippen molar-refractivity contribution in [1.82, 2.24) is 4.90 Å². The Morgan fingerprint density at radius 1 is 1.12 bits per heavy atom. The first-order chi connectivity index (χ1) is 12.4. The van der Waals surface area contributed by atoms with Gasteiger partial charge in [-0.2, -0.15) is 12.2 Å².